The largest absolute Gasteiger partial charge is 0.480 e. The molecule has 1 aromatic rings. The standard InChI is InChI=1S/C15H22N2O2/c1-10-5-6-12(11(2)16-3)14(9-10)19-13-7-8-17(4)15(13)18/h5-6,9,11,13,16H,7-8H2,1-4H3. The molecule has 1 heterocycles. The molecule has 19 heavy (non-hydrogen) atoms. The van der Waals surface area contributed by atoms with Crippen molar-refractivity contribution in [3.8, 4) is 5.75 Å². The highest BCUT2D eigenvalue weighted by Gasteiger charge is 2.31. The van der Waals surface area contributed by atoms with Gasteiger partial charge in [-0.2, -0.15) is 0 Å². The summed E-state index contributed by atoms with van der Waals surface area (Å²) in [5, 5.41) is 3.21. The summed E-state index contributed by atoms with van der Waals surface area (Å²) in [5.41, 5.74) is 2.23. The van der Waals surface area contributed by atoms with Gasteiger partial charge in [0.2, 0.25) is 0 Å². The Morgan fingerprint density at radius 3 is 2.79 bits per heavy atom. The zero-order valence-corrected chi connectivity index (χ0v) is 12.1. The minimum Gasteiger partial charge on any atom is -0.480 e. The van der Waals surface area contributed by atoms with Crippen LogP contribution in [0.4, 0.5) is 0 Å². The van der Waals surface area contributed by atoms with Crippen LogP contribution < -0.4 is 10.1 Å². The van der Waals surface area contributed by atoms with E-state index < -0.39 is 0 Å². The third kappa shape index (κ3) is 2.89. The van der Waals surface area contributed by atoms with Crippen LogP contribution in [0.15, 0.2) is 18.2 Å². The molecule has 2 atom stereocenters. The zero-order chi connectivity index (χ0) is 14.0. The first-order valence-corrected chi connectivity index (χ1v) is 6.72. The monoisotopic (exact) mass is 262 g/mol. The van der Waals surface area contributed by atoms with Crippen molar-refractivity contribution >= 4 is 5.91 Å². The number of nitrogens with zero attached hydrogens (tertiary/aromatic N) is 1. The Balaban J connectivity index is 2.23. The summed E-state index contributed by atoms with van der Waals surface area (Å²) in [6.45, 7) is 4.88. The quantitative estimate of drug-likeness (QED) is 0.901. The van der Waals surface area contributed by atoms with E-state index in [2.05, 4.69) is 24.4 Å². The molecule has 4 nitrogen and oxygen atoms in total. The molecule has 0 aromatic heterocycles. The van der Waals surface area contributed by atoms with E-state index >= 15 is 0 Å². The Hall–Kier alpha value is -1.55. The number of nitrogens with one attached hydrogen (secondary N) is 1. The van der Waals surface area contributed by atoms with Crippen molar-refractivity contribution in [2.75, 3.05) is 20.6 Å². The SMILES string of the molecule is CNC(C)c1ccc(C)cc1OC1CCN(C)C1=O. The smallest absolute Gasteiger partial charge is 0.263 e. The molecule has 1 saturated heterocycles. The normalized spacial score (nSPS) is 20.7. The van der Waals surface area contributed by atoms with Gasteiger partial charge in [-0.1, -0.05) is 12.1 Å². The van der Waals surface area contributed by atoms with Gasteiger partial charge in [0.05, 0.1) is 0 Å². The van der Waals surface area contributed by atoms with E-state index in [0.29, 0.717) is 0 Å². The molecule has 1 amide bonds. The second kappa shape index (κ2) is 5.61. The summed E-state index contributed by atoms with van der Waals surface area (Å²) in [7, 11) is 3.74. The number of ether oxygens (including phenoxy) is 1. The molecule has 1 aliphatic rings. The van der Waals surface area contributed by atoms with Gasteiger partial charge in [-0.15, -0.1) is 0 Å². The van der Waals surface area contributed by atoms with Crippen LogP contribution in [0.2, 0.25) is 0 Å². The van der Waals surface area contributed by atoms with Crippen LogP contribution in [0.3, 0.4) is 0 Å². The molecule has 1 fully saturated rings. The molecule has 4 heteroatoms. The van der Waals surface area contributed by atoms with Crippen LogP contribution in [0.25, 0.3) is 0 Å². The van der Waals surface area contributed by atoms with Crippen molar-refractivity contribution < 1.29 is 9.53 Å². The summed E-state index contributed by atoms with van der Waals surface area (Å²) < 4.78 is 5.96. The molecule has 0 aliphatic carbocycles. The fraction of sp³-hybridized carbons (Fsp3) is 0.533. The molecule has 1 N–H and O–H groups in total. The third-order valence-electron chi connectivity index (χ3n) is 3.72. The molecule has 0 saturated carbocycles. The molecular weight excluding hydrogens is 240 g/mol. The van der Waals surface area contributed by atoms with Gasteiger partial charge in [0.15, 0.2) is 6.10 Å². The Morgan fingerprint density at radius 2 is 2.21 bits per heavy atom. The van der Waals surface area contributed by atoms with Crippen LogP contribution in [0, 0.1) is 6.92 Å². The summed E-state index contributed by atoms with van der Waals surface area (Å²) >= 11 is 0. The van der Waals surface area contributed by atoms with Gasteiger partial charge in [0.1, 0.15) is 5.75 Å². The minimum atomic E-state index is -0.338. The van der Waals surface area contributed by atoms with E-state index in [1.165, 1.54) is 0 Å². The van der Waals surface area contributed by atoms with Gasteiger partial charge in [0, 0.05) is 31.6 Å². The highest BCUT2D eigenvalue weighted by Crippen LogP contribution is 2.28. The predicted octanol–water partition coefficient (Wildman–Crippen LogP) is 1.88. The number of carbonyl (C=O) groups excluding carboxylic acids is 1. The summed E-state index contributed by atoms with van der Waals surface area (Å²) in [6.07, 6.45) is 0.422. The number of hydrogen-bond acceptors (Lipinski definition) is 3. The van der Waals surface area contributed by atoms with Gasteiger partial charge in [0.25, 0.3) is 5.91 Å². The molecular formula is C15H22N2O2. The lowest BCUT2D eigenvalue weighted by Crippen LogP contribution is -2.30. The topological polar surface area (TPSA) is 41.6 Å². The molecule has 0 radical (unpaired) electrons. The minimum absolute atomic E-state index is 0.0737. The molecule has 2 unspecified atom stereocenters. The summed E-state index contributed by atoms with van der Waals surface area (Å²) in [6, 6.07) is 6.34. The van der Waals surface area contributed by atoms with Crippen molar-refractivity contribution in [1.29, 1.82) is 0 Å². The van der Waals surface area contributed by atoms with E-state index in [1.807, 2.05) is 27.1 Å². The van der Waals surface area contributed by atoms with Crippen molar-refractivity contribution in [3.63, 3.8) is 0 Å². The Kier molecular flexibility index (Phi) is 4.10. The molecule has 1 aromatic carbocycles. The van der Waals surface area contributed by atoms with Gasteiger partial charge < -0.3 is 15.0 Å². The van der Waals surface area contributed by atoms with Crippen molar-refractivity contribution in [2.24, 2.45) is 0 Å². The van der Waals surface area contributed by atoms with Gasteiger partial charge in [-0.25, -0.2) is 0 Å². The number of rotatable bonds is 4. The molecule has 0 spiro atoms. The lowest BCUT2D eigenvalue weighted by molar-refractivity contribution is -0.132. The first kappa shape index (κ1) is 13.9. The third-order valence-corrected chi connectivity index (χ3v) is 3.72. The predicted molar refractivity (Wildman–Crippen MR) is 75.3 cm³/mol. The molecule has 1 aliphatic heterocycles. The van der Waals surface area contributed by atoms with Crippen LogP contribution in [0.5, 0.6) is 5.75 Å². The van der Waals surface area contributed by atoms with Crippen molar-refractivity contribution in [3.05, 3.63) is 29.3 Å². The van der Waals surface area contributed by atoms with Crippen LogP contribution >= 0.6 is 0 Å². The maximum atomic E-state index is 11.9. The zero-order valence-electron chi connectivity index (χ0n) is 12.1. The van der Waals surface area contributed by atoms with E-state index in [0.717, 1.165) is 29.8 Å². The second-order valence-electron chi connectivity index (χ2n) is 5.21. The highest BCUT2D eigenvalue weighted by atomic mass is 16.5. The van der Waals surface area contributed by atoms with Gasteiger partial charge in [-0.3, -0.25) is 4.79 Å². The lowest BCUT2D eigenvalue weighted by Gasteiger charge is -2.20. The van der Waals surface area contributed by atoms with Crippen LogP contribution in [-0.2, 0) is 4.79 Å². The number of aryl methyl sites for hydroxylation is 1. The van der Waals surface area contributed by atoms with Crippen LogP contribution in [-0.4, -0.2) is 37.6 Å². The molecule has 2 rings (SSSR count). The average Bonchev–Trinajstić information content (AvgIpc) is 2.70. The highest BCUT2D eigenvalue weighted by molar-refractivity contribution is 5.83. The number of benzene rings is 1. The maximum absolute atomic E-state index is 11.9. The average molecular weight is 262 g/mol. The fourth-order valence-corrected chi connectivity index (χ4v) is 2.31. The van der Waals surface area contributed by atoms with Gasteiger partial charge in [-0.05, 0) is 32.5 Å². The lowest BCUT2D eigenvalue weighted by atomic mass is 10.0. The van der Waals surface area contributed by atoms with Crippen molar-refractivity contribution in [2.45, 2.75) is 32.4 Å². The van der Waals surface area contributed by atoms with E-state index in [4.69, 9.17) is 4.74 Å². The first-order chi connectivity index (χ1) is 9.02. The van der Waals surface area contributed by atoms with Gasteiger partial charge >= 0.3 is 0 Å². The maximum Gasteiger partial charge on any atom is 0.263 e. The molecule has 104 valence electrons. The van der Waals surface area contributed by atoms with Crippen LogP contribution in [0.1, 0.15) is 30.5 Å². The van der Waals surface area contributed by atoms with E-state index in [9.17, 15) is 4.79 Å². The summed E-state index contributed by atoms with van der Waals surface area (Å²) in [5.74, 6) is 0.889. The van der Waals surface area contributed by atoms with Crippen molar-refractivity contribution in [1.82, 2.24) is 10.2 Å². The summed E-state index contributed by atoms with van der Waals surface area (Å²) in [4.78, 5) is 13.7. The second-order valence-corrected chi connectivity index (χ2v) is 5.21. The number of likely N-dealkylation sites (tertiary alicyclic amines) is 1. The first-order valence-electron chi connectivity index (χ1n) is 6.72. The number of amides is 1. The molecule has 0 bridgehead atoms. The Labute approximate surface area is 114 Å². The number of carbonyl (C=O) groups is 1. The number of hydrogen-bond donors (Lipinski definition) is 1. The Bertz CT molecular complexity index is 473. The van der Waals surface area contributed by atoms with E-state index in [1.54, 1.807) is 4.90 Å². The number of likely N-dealkylation sites (N-methyl/N-ethyl adjacent to an activating group) is 1. The Morgan fingerprint density at radius 1 is 1.47 bits per heavy atom. The fourth-order valence-electron chi connectivity index (χ4n) is 2.31. The van der Waals surface area contributed by atoms with E-state index in [-0.39, 0.29) is 18.1 Å².